The number of carbonyl (C=O) groups is 1. The molecule has 3 unspecified atom stereocenters. The molecule has 1 amide bonds. The smallest absolute Gasteiger partial charge is 0.268 e. The lowest BCUT2D eigenvalue weighted by atomic mass is 10.0. The first-order valence-corrected chi connectivity index (χ1v) is 34.6. The number of aliphatic hydroxyl groups is 1. The number of phosphoric ester groups is 1. The number of nitrogens with zero attached hydrogens (tertiary/aromatic N) is 1. The van der Waals surface area contributed by atoms with Crippen LogP contribution in [0.25, 0.3) is 0 Å². The molecule has 0 aromatic rings. The van der Waals surface area contributed by atoms with Gasteiger partial charge in [-0.05, 0) is 89.9 Å². The summed E-state index contributed by atoms with van der Waals surface area (Å²) in [6, 6.07) is -0.915. The second-order valence-electron chi connectivity index (χ2n) is 23.4. The maximum Gasteiger partial charge on any atom is 0.268 e. The van der Waals surface area contributed by atoms with Crippen LogP contribution in [0.3, 0.4) is 0 Å². The van der Waals surface area contributed by atoms with Crippen LogP contribution in [0.4, 0.5) is 0 Å². The van der Waals surface area contributed by atoms with E-state index in [4.69, 9.17) is 9.05 Å². The Morgan fingerprint density at radius 1 is 0.456 bits per heavy atom. The van der Waals surface area contributed by atoms with E-state index in [1.165, 1.54) is 193 Å². The number of phosphoric acid groups is 1. The van der Waals surface area contributed by atoms with Crippen LogP contribution < -0.4 is 10.2 Å². The third-order valence-corrected chi connectivity index (χ3v) is 15.5. The van der Waals surface area contributed by atoms with Crippen molar-refractivity contribution in [3.05, 3.63) is 97.2 Å². The van der Waals surface area contributed by atoms with Crippen LogP contribution in [0.2, 0.25) is 0 Å². The van der Waals surface area contributed by atoms with E-state index in [1.54, 1.807) is 6.08 Å². The number of amides is 1. The Labute approximate surface area is 489 Å². The second-order valence-corrected chi connectivity index (χ2v) is 24.8. The molecule has 79 heavy (non-hydrogen) atoms. The number of rotatable bonds is 60. The molecule has 0 aliphatic carbocycles. The average molecular weight is 1120 g/mol. The first kappa shape index (κ1) is 76.4. The Morgan fingerprint density at radius 2 is 0.785 bits per heavy atom. The quantitative estimate of drug-likeness (QED) is 0.0272. The average Bonchev–Trinajstić information content (AvgIpc) is 3.42. The minimum absolute atomic E-state index is 0.0115. The standard InChI is InChI=1S/C70H127N2O6P/c1-6-8-10-12-14-16-18-20-22-24-26-28-30-32-33-34-35-36-37-38-39-40-42-44-46-48-50-52-54-56-58-60-62-64-70(74)71-68(67-78-79(75,76)77-66-65-72(3,4)5)69(73)63-61-59-57-55-53-51-49-47-45-43-41-31-29-27-25-23-21-19-17-15-13-11-9-7-2/h8,10,14,16,20,22,26,28,32-33,45,47,53,55,61,63,68-69,73H,6-7,9,11-13,15,17-19,21,23-25,27,29-31,34-44,46,48-52,54,56-60,62,64-67H2,1-5H3,(H-,71,74,75,76)/b10-8-,16-14-,22-20-,28-26-,33-32-,47-45+,55-53+,63-61+. The first-order valence-electron chi connectivity index (χ1n) is 33.1. The first-order chi connectivity index (χ1) is 38.5. The predicted octanol–water partition coefficient (Wildman–Crippen LogP) is 20.3. The van der Waals surface area contributed by atoms with E-state index in [1.807, 2.05) is 27.2 Å². The van der Waals surface area contributed by atoms with Crippen molar-refractivity contribution in [1.29, 1.82) is 0 Å². The molecule has 0 saturated carbocycles. The van der Waals surface area contributed by atoms with Crippen molar-refractivity contribution in [3.63, 3.8) is 0 Å². The zero-order chi connectivity index (χ0) is 57.7. The maximum atomic E-state index is 13.0. The summed E-state index contributed by atoms with van der Waals surface area (Å²) in [4.78, 5) is 25.6. The predicted molar refractivity (Wildman–Crippen MR) is 343 cm³/mol. The van der Waals surface area contributed by atoms with Crippen LogP contribution in [0.15, 0.2) is 97.2 Å². The number of hydrogen-bond acceptors (Lipinski definition) is 6. The lowest BCUT2D eigenvalue weighted by Gasteiger charge is -2.29. The summed E-state index contributed by atoms with van der Waals surface area (Å²) in [7, 11) is 1.23. The highest BCUT2D eigenvalue weighted by Crippen LogP contribution is 2.38. The zero-order valence-corrected chi connectivity index (χ0v) is 53.2. The molecule has 0 spiro atoms. The SMILES string of the molecule is CC/C=C\C/C=C\C/C=C\C/C=C\C/C=C\CCCCCCCCCCCCCCCCCCCC(=O)NC(COP(=O)([O-])OCC[N+](C)(C)C)C(O)/C=C/CC/C=C/CC/C=C/CCCCCCCCCCCCCCCC. The van der Waals surface area contributed by atoms with Gasteiger partial charge in [0.15, 0.2) is 0 Å². The Bertz CT molecular complexity index is 1610. The van der Waals surface area contributed by atoms with Crippen LogP contribution in [-0.2, 0) is 18.4 Å². The van der Waals surface area contributed by atoms with E-state index in [0.29, 0.717) is 17.4 Å². The molecule has 0 heterocycles. The fraction of sp³-hybridized carbons (Fsp3) is 0.757. The molecule has 8 nitrogen and oxygen atoms in total. The number of quaternary nitrogens is 1. The number of allylic oxidation sites excluding steroid dienone is 15. The van der Waals surface area contributed by atoms with E-state index in [9.17, 15) is 19.4 Å². The molecule has 0 aromatic carbocycles. The van der Waals surface area contributed by atoms with Crippen LogP contribution in [-0.4, -0.2) is 68.5 Å². The van der Waals surface area contributed by atoms with Gasteiger partial charge >= 0.3 is 0 Å². The van der Waals surface area contributed by atoms with Gasteiger partial charge in [0, 0.05) is 6.42 Å². The van der Waals surface area contributed by atoms with Gasteiger partial charge < -0.3 is 28.8 Å². The summed E-state index contributed by atoms with van der Waals surface area (Å²) < 4.78 is 23.4. The van der Waals surface area contributed by atoms with Gasteiger partial charge in [-0.1, -0.05) is 291 Å². The van der Waals surface area contributed by atoms with E-state index in [0.717, 1.165) is 77.0 Å². The molecule has 458 valence electrons. The van der Waals surface area contributed by atoms with Crippen molar-refractivity contribution in [3.8, 4) is 0 Å². The number of hydrogen-bond donors (Lipinski definition) is 2. The van der Waals surface area contributed by atoms with Crippen molar-refractivity contribution < 1.29 is 32.9 Å². The Kier molecular flexibility index (Phi) is 58.1. The van der Waals surface area contributed by atoms with Gasteiger partial charge in [-0.15, -0.1) is 0 Å². The Morgan fingerprint density at radius 3 is 1.18 bits per heavy atom. The van der Waals surface area contributed by atoms with Gasteiger partial charge in [0.25, 0.3) is 7.82 Å². The lowest BCUT2D eigenvalue weighted by Crippen LogP contribution is -2.45. The summed E-state index contributed by atoms with van der Waals surface area (Å²) in [5, 5.41) is 13.9. The molecule has 0 aliphatic rings. The van der Waals surface area contributed by atoms with Gasteiger partial charge in [0.2, 0.25) is 5.91 Å². The number of likely N-dealkylation sites (N-methyl/N-ethyl adjacent to an activating group) is 1. The summed E-state index contributed by atoms with van der Waals surface area (Å²) in [6.07, 6.45) is 86.6. The van der Waals surface area contributed by atoms with Gasteiger partial charge in [0.1, 0.15) is 13.2 Å². The molecule has 0 bridgehead atoms. The van der Waals surface area contributed by atoms with E-state index in [-0.39, 0.29) is 12.5 Å². The molecule has 9 heteroatoms. The monoisotopic (exact) mass is 1120 g/mol. The van der Waals surface area contributed by atoms with Gasteiger partial charge in [-0.25, -0.2) is 0 Å². The molecule has 3 atom stereocenters. The van der Waals surface area contributed by atoms with Crippen molar-refractivity contribution in [2.75, 3.05) is 40.9 Å². The third kappa shape index (κ3) is 62.9. The number of carbonyl (C=O) groups excluding carboxylic acids is 1. The second kappa shape index (κ2) is 60.0. The topological polar surface area (TPSA) is 108 Å². The van der Waals surface area contributed by atoms with Gasteiger partial charge in [0.05, 0.1) is 39.9 Å². The fourth-order valence-corrected chi connectivity index (χ4v) is 10.1. The van der Waals surface area contributed by atoms with E-state index >= 15 is 0 Å². The van der Waals surface area contributed by atoms with Crippen LogP contribution >= 0.6 is 7.82 Å². The van der Waals surface area contributed by atoms with Crippen molar-refractivity contribution in [1.82, 2.24) is 5.32 Å². The molecule has 0 aromatic heterocycles. The normalized spacial score (nSPS) is 14.4. The summed E-state index contributed by atoms with van der Waals surface area (Å²) in [6.45, 7) is 4.53. The molecule has 0 aliphatic heterocycles. The number of aliphatic hydroxyl groups excluding tert-OH is 1. The summed E-state index contributed by atoms with van der Waals surface area (Å²) >= 11 is 0. The van der Waals surface area contributed by atoms with Crippen molar-refractivity contribution in [2.45, 2.75) is 302 Å². The maximum absolute atomic E-state index is 13.0. The van der Waals surface area contributed by atoms with Crippen LogP contribution in [0, 0.1) is 0 Å². The molecule has 2 N–H and O–H groups in total. The van der Waals surface area contributed by atoms with Crippen LogP contribution in [0.1, 0.15) is 290 Å². The molecule has 0 radical (unpaired) electrons. The largest absolute Gasteiger partial charge is 0.756 e. The van der Waals surface area contributed by atoms with E-state index in [2.05, 4.69) is 104 Å². The summed E-state index contributed by atoms with van der Waals surface area (Å²) in [5.41, 5.74) is 0. The van der Waals surface area contributed by atoms with E-state index < -0.39 is 26.6 Å². The molecule has 0 fully saturated rings. The number of nitrogens with one attached hydrogen (secondary N) is 1. The lowest BCUT2D eigenvalue weighted by molar-refractivity contribution is -0.870. The molecular weight excluding hydrogens is 996 g/mol. The van der Waals surface area contributed by atoms with Crippen molar-refractivity contribution in [2.24, 2.45) is 0 Å². The third-order valence-electron chi connectivity index (χ3n) is 14.5. The minimum Gasteiger partial charge on any atom is -0.756 e. The van der Waals surface area contributed by atoms with Crippen molar-refractivity contribution >= 4 is 13.7 Å². The van der Waals surface area contributed by atoms with Crippen LogP contribution in [0.5, 0.6) is 0 Å². The Balaban J connectivity index is 4.15. The summed E-state index contributed by atoms with van der Waals surface area (Å²) in [5.74, 6) is -0.211. The molecular formula is C70H127N2O6P. The molecule has 0 saturated heterocycles. The number of unbranched alkanes of at least 4 members (excludes halogenated alkanes) is 33. The molecule has 0 rings (SSSR count). The highest BCUT2D eigenvalue weighted by atomic mass is 31.2. The zero-order valence-electron chi connectivity index (χ0n) is 52.3. The minimum atomic E-state index is -4.62. The van der Waals surface area contributed by atoms with Gasteiger partial charge in [-0.3, -0.25) is 9.36 Å². The fourth-order valence-electron chi connectivity index (χ4n) is 9.39. The highest BCUT2D eigenvalue weighted by molar-refractivity contribution is 7.45. The van der Waals surface area contributed by atoms with Gasteiger partial charge in [-0.2, -0.15) is 0 Å². The highest BCUT2D eigenvalue weighted by Gasteiger charge is 2.23. The Hall–Kier alpha value is -2.58.